The van der Waals surface area contributed by atoms with Crippen molar-refractivity contribution in [3.05, 3.63) is 59.4 Å². The molecule has 23 heavy (non-hydrogen) atoms. The van der Waals surface area contributed by atoms with Crippen LogP contribution in [0.25, 0.3) is 0 Å². The van der Waals surface area contributed by atoms with Gasteiger partial charge in [-0.15, -0.1) is 0 Å². The molecule has 0 saturated carbocycles. The monoisotopic (exact) mass is 316 g/mol. The lowest BCUT2D eigenvalue weighted by molar-refractivity contribution is 0.0951. The van der Waals surface area contributed by atoms with Crippen LogP contribution < -0.4 is 15.0 Å². The molecule has 0 bridgehead atoms. The first-order valence-corrected chi connectivity index (χ1v) is 7.47. The molecule has 0 atom stereocenters. The molecule has 2 aromatic rings. The topological polar surface area (TPSA) is 41.6 Å². The molecule has 122 valence electrons. The van der Waals surface area contributed by atoms with Crippen LogP contribution in [-0.2, 0) is 6.54 Å². The van der Waals surface area contributed by atoms with Crippen molar-refractivity contribution in [1.29, 1.82) is 0 Å². The molecule has 5 heteroatoms. The highest BCUT2D eigenvalue weighted by Gasteiger charge is 2.08. The lowest BCUT2D eigenvalue weighted by atomic mass is 10.1. The van der Waals surface area contributed by atoms with Crippen LogP contribution in [0.5, 0.6) is 5.75 Å². The molecule has 1 amide bonds. The van der Waals surface area contributed by atoms with E-state index in [0.717, 1.165) is 12.2 Å². The number of methoxy groups -OCH3 is 1. The van der Waals surface area contributed by atoms with Gasteiger partial charge in [-0.05, 0) is 48.9 Å². The van der Waals surface area contributed by atoms with Crippen molar-refractivity contribution in [2.24, 2.45) is 0 Å². The van der Waals surface area contributed by atoms with Gasteiger partial charge in [0.15, 0.2) is 11.6 Å². The van der Waals surface area contributed by atoms with E-state index >= 15 is 0 Å². The summed E-state index contributed by atoms with van der Waals surface area (Å²) in [6, 6.07) is 12.0. The van der Waals surface area contributed by atoms with Gasteiger partial charge in [0, 0.05) is 31.4 Å². The molecule has 0 unspecified atom stereocenters. The van der Waals surface area contributed by atoms with E-state index in [1.807, 2.05) is 19.2 Å². The van der Waals surface area contributed by atoms with E-state index in [-0.39, 0.29) is 18.2 Å². The largest absolute Gasteiger partial charge is 0.494 e. The van der Waals surface area contributed by atoms with E-state index in [2.05, 4.69) is 17.1 Å². The van der Waals surface area contributed by atoms with Crippen LogP contribution in [0.2, 0.25) is 0 Å². The number of amides is 1. The third-order valence-corrected chi connectivity index (χ3v) is 3.71. The molecule has 0 aliphatic heterocycles. The van der Waals surface area contributed by atoms with Crippen LogP contribution >= 0.6 is 0 Å². The third kappa shape index (κ3) is 4.22. The fourth-order valence-corrected chi connectivity index (χ4v) is 2.15. The lowest BCUT2D eigenvalue weighted by Crippen LogP contribution is -2.23. The minimum Gasteiger partial charge on any atom is -0.494 e. The molecule has 0 fully saturated rings. The van der Waals surface area contributed by atoms with Gasteiger partial charge in [-0.25, -0.2) is 4.39 Å². The van der Waals surface area contributed by atoms with E-state index in [1.54, 1.807) is 24.3 Å². The first-order valence-electron chi connectivity index (χ1n) is 7.47. The summed E-state index contributed by atoms with van der Waals surface area (Å²) < 4.78 is 18.5. The van der Waals surface area contributed by atoms with Crippen molar-refractivity contribution in [1.82, 2.24) is 5.32 Å². The predicted octanol–water partition coefficient (Wildman–Crippen LogP) is 3.22. The number of carbonyl (C=O) groups is 1. The van der Waals surface area contributed by atoms with Gasteiger partial charge in [-0.2, -0.15) is 0 Å². The second-order valence-corrected chi connectivity index (χ2v) is 5.21. The molecule has 0 aliphatic carbocycles. The van der Waals surface area contributed by atoms with Crippen molar-refractivity contribution in [3.63, 3.8) is 0 Å². The van der Waals surface area contributed by atoms with E-state index in [4.69, 9.17) is 4.74 Å². The highest BCUT2D eigenvalue weighted by Crippen LogP contribution is 2.18. The summed E-state index contributed by atoms with van der Waals surface area (Å²) in [5, 5.41) is 2.78. The zero-order valence-corrected chi connectivity index (χ0v) is 13.6. The summed E-state index contributed by atoms with van der Waals surface area (Å²) in [6.07, 6.45) is 0. The van der Waals surface area contributed by atoms with Gasteiger partial charge in [0.05, 0.1) is 7.11 Å². The number of rotatable bonds is 6. The smallest absolute Gasteiger partial charge is 0.251 e. The minimum atomic E-state index is -0.439. The van der Waals surface area contributed by atoms with Crippen LogP contribution in [0.4, 0.5) is 10.1 Å². The van der Waals surface area contributed by atoms with Crippen LogP contribution in [0.15, 0.2) is 42.5 Å². The maximum atomic E-state index is 13.6. The fraction of sp³-hybridized carbons (Fsp3) is 0.278. The number of benzene rings is 2. The summed E-state index contributed by atoms with van der Waals surface area (Å²) in [6.45, 7) is 3.22. The van der Waals surface area contributed by atoms with Crippen molar-refractivity contribution in [2.75, 3.05) is 25.6 Å². The molecule has 0 aromatic heterocycles. The van der Waals surface area contributed by atoms with E-state index in [0.29, 0.717) is 11.1 Å². The highest BCUT2D eigenvalue weighted by molar-refractivity contribution is 5.94. The van der Waals surface area contributed by atoms with Gasteiger partial charge in [0.25, 0.3) is 5.91 Å². The lowest BCUT2D eigenvalue weighted by Gasteiger charge is -2.16. The molecule has 2 aromatic carbocycles. The summed E-state index contributed by atoms with van der Waals surface area (Å²) >= 11 is 0. The molecule has 0 aliphatic rings. The van der Waals surface area contributed by atoms with Gasteiger partial charge < -0.3 is 15.0 Å². The van der Waals surface area contributed by atoms with Crippen LogP contribution in [0.1, 0.15) is 22.8 Å². The molecule has 1 N–H and O–H groups in total. The molecule has 0 spiro atoms. The van der Waals surface area contributed by atoms with Crippen molar-refractivity contribution < 1.29 is 13.9 Å². The number of halogens is 1. The number of hydrogen-bond donors (Lipinski definition) is 1. The zero-order valence-electron chi connectivity index (χ0n) is 13.6. The van der Waals surface area contributed by atoms with Gasteiger partial charge in [0.2, 0.25) is 0 Å². The molecule has 0 heterocycles. The Hall–Kier alpha value is -2.56. The van der Waals surface area contributed by atoms with Crippen molar-refractivity contribution in [3.8, 4) is 5.75 Å². The Morgan fingerprint density at radius 2 is 1.91 bits per heavy atom. The zero-order chi connectivity index (χ0) is 16.8. The molecule has 4 nitrogen and oxygen atoms in total. The second kappa shape index (κ2) is 7.63. The quantitative estimate of drug-likeness (QED) is 0.890. The maximum absolute atomic E-state index is 13.6. The summed E-state index contributed by atoms with van der Waals surface area (Å²) in [5.41, 5.74) is 2.31. The Kier molecular flexibility index (Phi) is 5.57. The van der Waals surface area contributed by atoms with E-state index in [9.17, 15) is 9.18 Å². The number of carbonyl (C=O) groups excluding carboxylic acids is 1. The predicted molar refractivity (Wildman–Crippen MR) is 89.5 cm³/mol. The highest BCUT2D eigenvalue weighted by atomic mass is 19.1. The van der Waals surface area contributed by atoms with Gasteiger partial charge in [-0.1, -0.05) is 6.07 Å². The van der Waals surface area contributed by atoms with Crippen molar-refractivity contribution in [2.45, 2.75) is 13.5 Å². The number of anilines is 1. The van der Waals surface area contributed by atoms with Gasteiger partial charge in [0.1, 0.15) is 0 Å². The first kappa shape index (κ1) is 16.8. The first-order chi connectivity index (χ1) is 11.0. The van der Waals surface area contributed by atoms with E-state index < -0.39 is 5.82 Å². The SMILES string of the molecule is CCN(C)c1ccc(C(=O)NCc2ccc(OC)c(F)c2)cc1. The summed E-state index contributed by atoms with van der Waals surface area (Å²) in [5.74, 6) is -0.436. The Morgan fingerprint density at radius 1 is 1.22 bits per heavy atom. The number of nitrogens with one attached hydrogen (secondary N) is 1. The molecular formula is C18H21FN2O2. The number of ether oxygens (including phenoxy) is 1. The van der Waals surface area contributed by atoms with Crippen LogP contribution in [0.3, 0.4) is 0 Å². The Bertz CT molecular complexity index is 671. The maximum Gasteiger partial charge on any atom is 0.251 e. The summed E-state index contributed by atoms with van der Waals surface area (Å²) in [7, 11) is 3.41. The Morgan fingerprint density at radius 3 is 2.48 bits per heavy atom. The molecular weight excluding hydrogens is 295 g/mol. The standard InChI is InChI=1S/C18H21FN2O2/c1-4-21(2)15-8-6-14(7-9-15)18(22)20-12-13-5-10-17(23-3)16(19)11-13/h5-11H,4,12H2,1-3H3,(H,20,22). The number of hydrogen-bond acceptors (Lipinski definition) is 3. The van der Waals surface area contributed by atoms with Gasteiger partial charge in [-0.3, -0.25) is 4.79 Å². The average molecular weight is 316 g/mol. The van der Waals surface area contributed by atoms with E-state index in [1.165, 1.54) is 13.2 Å². The average Bonchev–Trinajstić information content (AvgIpc) is 2.59. The second-order valence-electron chi connectivity index (χ2n) is 5.21. The van der Waals surface area contributed by atoms with Crippen LogP contribution in [0, 0.1) is 5.82 Å². The third-order valence-electron chi connectivity index (χ3n) is 3.71. The molecule has 2 rings (SSSR count). The Labute approximate surface area is 135 Å². The number of nitrogens with zero attached hydrogens (tertiary/aromatic N) is 1. The van der Waals surface area contributed by atoms with Crippen molar-refractivity contribution >= 4 is 11.6 Å². The van der Waals surface area contributed by atoms with Crippen LogP contribution in [-0.4, -0.2) is 26.6 Å². The Balaban J connectivity index is 1.98. The molecule has 0 radical (unpaired) electrons. The normalized spacial score (nSPS) is 10.3. The molecule has 0 saturated heterocycles. The van der Waals surface area contributed by atoms with Gasteiger partial charge >= 0.3 is 0 Å². The minimum absolute atomic E-state index is 0.188. The fourth-order valence-electron chi connectivity index (χ4n) is 2.15. The summed E-state index contributed by atoms with van der Waals surface area (Å²) in [4.78, 5) is 14.2.